The van der Waals surface area contributed by atoms with Crippen LogP contribution >= 0.6 is 22.9 Å². The molecule has 0 saturated carbocycles. The third-order valence-corrected chi connectivity index (χ3v) is 3.98. The molecule has 0 aliphatic carbocycles. The number of benzene rings is 1. The molecule has 3 rings (SSSR count). The first-order valence-corrected chi connectivity index (χ1v) is 7.30. The van der Waals surface area contributed by atoms with Crippen molar-refractivity contribution in [2.24, 2.45) is 0 Å². The number of halogens is 1. The molecule has 1 N–H and O–H groups in total. The minimum absolute atomic E-state index is 0.595. The van der Waals surface area contributed by atoms with E-state index in [2.05, 4.69) is 20.8 Å². The maximum Gasteiger partial charge on any atom is 0.170 e. The van der Waals surface area contributed by atoms with Gasteiger partial charge in [-0.15, -0.1) is 16.4 Å². The fourth-order valence-electron chi connectivity index (χ4n) is 1.83. The van der Waals surface area contributed by atoms with Crippen molar-refractivity contribution in [2.45, 2.75) is 13.1 Å². The lowest BCUT2D eigenvalue weighted by atomic mass is 10.3. The van der Waals surface area contributed by atoms with Crippen molar-refractivity contribution in [2.75, 3.05) is 0 Å². The quantitative estimate of drug-likeness (QED) is 0.787. The molecule has 2 heterocycles. The summed E-state index contributed by atoms with van der Waals surface area (Å²) in [5.41, 5.74) is 0.952. The number of thiophene rings is 1. The van der Waals surface area contributed by atoms with E-state index in [1.807, 2.05) is 42.5 Å². The van der Waals surface area contributed by atoms with Gasteiger partial charge in [-0.25, -0.2) is 0 Å². The Balaban J connectivity index is 1.65. The summed E-state index contributed by atoms with van der Waals surface area (Å²) in [7, 11) is 0. The fraction of sp³-hybridized carbons (Fsp3) is 0.154. The van der Waals surface area contributed by atoms with E-state index in [4.69, 9.17) is 11.6 Å². The number of nitrogens with one attached hydrogen (secondary N) is 1. The zero-order valence-electron chi connectivity index (χ0n) is 10.5. The summed E-state index contributed by atoms with van der Waals surface area (Å²) < 4.78 is 2.53. The molecule has 0 unspecified atom stereocenters. The first-order chi connectivity index (χ1) is 9.83. The Morgan fingerprint density at radius 2 is 1.95 bits per heavy atom. The molecule has 0 radical (unpaired) electrons. The molecule has 0 fully saturated rings. The van der Waals surface area contributed by atoms with Gasteiger partial charge in [0.25, 0.3) is 0 Å². The van der Waals surface area contributed by atoms with Crippen LogP contribution in [0.4, 0.5) is 0 Å². The van der Waals surface area contributed by atoms with Crippen LogP contribution in [0.2, 0.25) is 4.34 Å². The fourth-order valence-corrected chi connectivity index (χ4v) is 2.89. The van der Waals surface area contributed by atoms with Crippen molar-refractivity contribution in [3.63, 3.8) is 0 Å². The predicted molar refractivity (Wildman–Crippen MR) is 79.0 cm³/mol. The second-order valence-corrected chi connectivity index (χ2v) is 5.95. The van der Waals surface area contributed by atoms with Crippen LogP contribution in [0, 0.1) is 0 Å². The summed E-state index contributed by atoms with van der Waals surface area (Å²) in [6.07, 6.45) is 0. The summed E-state index contributed by atoms with van der Waals surface area (Å²) in [5.74, 6) is 0.777. The van der Waals surface area contributed by atoms with Crippen LogP contribution in [0.3, 0.4) is 0 Å². The van der Waals surface area contributed by atoms with Crippen molar-refractivity contribution in [3.8, 4) is 5.69 Å². The highest BCUT2D eigenvalue weighted by Crippen LogP contribution is 2.21. The number of tetrazole rings is 1. The maximum atomic E-state index is 5.90. The predicted octanol–water partition coefficient (Wildman–Crippen LogP) is 2.67. The molecule has 0 amide bonds. The lowest BCUT2D eigenvalue weighted by molar-refractivity contribution is 0.646. The Morgan fingerprint density at radius 3 is 2.70 bits per heavy atom. The van der Waals surface area contributed by atoms with E-state index in [0.717, 1.165) is 22.4 Å². The van der Waals surface area contributed by atoms with Crippen molar-refractivity contribution in [3.05, 3.63) is 57.5 Å². The highest BCUT2D eigenvalue weighted by Gasteiger charge is 2.07. The van der Waals surface area contributed by atoms with Gasteiger partial charge in [0.05, 0.1) is 16.6 Å². The topological polar surface area (TPSA) is 55.6 Å². The Bertz CT molecular complexity index is 679. The molecule has 0 aliphatic rings. The Kier molecular flexibility index (Phi) is 4.05. The first-order valence-electron chi connectivity index (χ1n) is 6.10. The third-order valence-electron chi connectivity index (χ3n) is 2.75. The Morgan fingerprint density at radius 1 is 1.10 bits per heavy atom. The number of nitrogens with zero attached hydrogens (tertiary/aromatic N) is 4. The van der Waals surface area contributed by atoms with E-state index < -0.39 is 0 Å². The summed E-state index contributed by atoms with van der Waals surface area (Å²) in [6, 6.07) is 13.7. The molecule has 0 spiro atoms. The molecule has 0 bridgehead atoms. The molecular weight excluding hydrogens is 294 g/mol. The molecule has 5 nitrogen and oxygen atoms in total. The molecule has 0 atom stereocenters. The van der Waals surface area contributed by atoms with Crippen LogP contribution in [0.15, 0.2) is 42.5 Å². The molecular formula is C13H12ClN5S. The van der Waals surface area contributed by atoms with Crippen LogP contribution < -0.4 is 5.32 Å². The molecule has 2 aromatic heterocycles. The number of hydrogen-bond donors (Lipinski definition) is 1. The molecule has 3 aromatic rings. The van der Waals surface area contributed by atoms with E-state index in [0.29, 0.717) is 6.54 Å². The van der Waals surface area contributed by atoms with E-state index in [9.17, 15) is 0 Å². The Hall–Kier alpha value is -1.76. The highest BCUT2D eigenvalue weighted by molar-refractivity contribution is 7.16. The lowest BCUT2D eigenvalue weighted by Gasteiger charge is -2.05. The van der Waals surface area contributed by atoms with Crippen molar-refractivity contribution < 1.29 is 0 Å². The van der Waals surface area contributed by atoms with Crippen LogP contribution in [-0.2, 0) is 13.1 Å². The van der Waals surface area contributed by atoms with Crippen molar-refractivity contribution >= 4 is 22.9 Å². The largest absolute Gasteiger partial charge is 0.305 e. The highest BCUT2D eigenvalue weighted by atomic mass is 35.5. The number of para-hydroxylation sites is 1. The van der Waals surface area contributed by atoms with E-state index >= 15 is 0 Å². The summed E-state index contributed by atoms with van der Waals surface area (Å²) in [4.78, 5) is 1.19. The maximum absolute atomic E-state index is 5.90. The molecule has 7 heteroatoms. The monoisotopic (exact) mass is 305 g/mol. The van der Waals surface area contributed by atoms with Gasteiger partial charge in [-0.3, -0.25) is 0 Å². The van der Waals surface area contributed by atoms with Gasteiger partial charge in [0.15, 0.2) is 5.82 Å². The molecule has 102 valence electrons. The smallest absolute Gasteiger partial charge is 0.170 e. The standard InChI is InChI=1S/C13H12ClN5S/c14-12-7-6-11(20-12)8-15-9-13-16-17-18-19(13)10-4-2-1-3-5-10/h1-7,15H,8-9H2. The van der Waals surface area contributed by atoms with Crippen LogP contribution in [0.25, 0.3) is 5.69 Å². The summed E-state index contributed by atoms with van der Waals surface area (Å²) >= 11 is 7.47. The second-order valence-electron chi connectivity index (χ2n) is 4.15. The van der Waals surface area contributed by atoms with Crippen molar-refractivity contribution in [1.29, 1.82) is 0 Å². The zero-order valence-corrected chi connectivity index (χ0v) is 12.1. The summed E-state index contributed by atoms with van der Waals surface area (Å²) in [5, 5.41) is 15.1. The Labute approximate surface area is 125 Å². The molecule has 1 aromatic carbocycles. The van der Waals surface area contributed by atoms with Gasteiger partial charge in [-0.1, -0.05) is 29.8 Å². The number of aromatic nitrogens is 4. The van der Waals surface area contributed by atoms with E-state index in [1.54, 1.807) is 16.0 Å². The molecule has 0 aliphatic heterocycles. The van der Waals surface area contributed by atoms with Gasteiger partial charge in [0, 0.05) is 11.4 Å². The van der Waals surface area contributed by atoms with Gasteiger partial charge in [0.1, 0.15) is 0 Å². The molecule has 20 heavy (non-hydrogen) atoms. The van der Waals surface area contributed by atoms with Crippen LogP contribution in [0.1, 0.15) is 10.7 Å². The van der Waals surface area contributed by atoms with E-state index in [-0.39, 0.29) is 0 Å². The normalized spacial score (nSPS) is 10.8. The van der Waals surface area contributed by atoms with Crippen molar-refractivity contribution in [1.82, 2.24) is 25.5 Å². The second kappa shape index (κ2) is 6.13. The molecule has 0 saturated heterocycles. The third kappa shape index (κ3) is 3.04. The summed E-state index contributed by atoms with van der Waals surface area (Å²) in [6.45, 7) is 1.34. The minimum Gasteiger partial charge on any atom is -0.305 e. The number of rotatable bonds is 5. The lowest BCUT2D eigenvalue weighted by Crippen LogP contribution is -2.16. The minimum atomic E-state index is 0.595. The SMILES string of the molecule is Clc1ccc(CNCc2nnnn2-c2ccccc2)s1. The van der Waals surface area contributed by atoms with Gasteiger partial charge in [-0.2, -0.15) is 4.68 Å². The van der Waals surface area contributed by atoms with Gasteiger partial charge in [0.2, 0.25) is 0 Å². The van der Waals surface area contributed by atoms with Gasteiger partial charge in [-0.05, 0) is 34.7 Å². The average molecular weight is 306 g/mol. The van der Waals surface area contributed by atoms with Gasteiger partial charge < -0.3 is 5.32 Å². The van der Waals surface area contributed by atoms with Gasteiger partial charge >= 0.3 is 0 Å². The average Bonchev–Trinajstić information content (AvgIpc) is 3.09. The zero-order chi connectivity index (χ0) is 13.8. The van der Waals surface area contributed by atoms with E-state index in [1.165, 1.54) is 4.88 Å². The first kappa shape index (κ1) is 13.2. The number of hydrogen-bond acceptors (Lipinski definition) is 5. The van der Waals surface area contributed by atoms with Crippen LogP contribution in [-0.4, -0.2) is 20.2 Å². The van der Waals surface area contributed by atoms with Crippen LogP contribution in [0.5, 0.6) is 0 Å².